The molecule has 2 N–H and O–H groups in total. The van der Waals surface area contributed by atoms with Gasteiger partial charge in [-0.15, -0.1) is 0 Å². The highest BCUT2D eigenvalue weighted by atomic mass is 16.5. The molecule has 0 saturated heterocycles. The Morgan fingerprint density at radius 1 is 1.26 bits per heavy atom. The highest BCUT2D eigenvalue weighted by Crippen LogP contribution is 2.36. The molecule has 0 amide bonds. The Balaban J connectivity index is 2.42. The first-order valence-corrected chi connectivity index (χ1v) is 5.73. The van der Waals surface area contributed by atoms with Crippen LogP contribution in [0.25, 0.3) is 10.9 Å². The number of carbonyl (C=O) groups is 2. The van der Waals surface area contributed by atoms with Crippen LogP contribution in [0.5, 0.6) is 5.75 Å². The van der Waals surface area contributed by atoms with Crippen LogP contribution >= 0.6 is 0 Å². The summed E-state index contributed by atoms with van der Waals surface area (Å²) in [6.07, 6.45) is 1.16. The van der Waals surface area contributed by atoms with Crippen LogP contribution in [0.15, 0.2) is 24.0 Å². The molecule has 1 aromatic heterocycles. The van der Waals surface area contributed by atoms with E-state index in [2.05, 4.69) is 4.98 Å². The van der Waals surface area contributed by atoms with Gasteiger partial charge >= 0.3 is 0 Å². The maximum absolute atomic E-state index is 12.3. The fourth-order valence-electron chi connectivity index (χ4n) is 2.32. The van der Waals surface area contributed by atoms with E-state index in [1.54, 1.807) is 19.1 Å². The van der Waals surface area contributed by atoms with Gasteiger partial charge in [0.2, 0.25) is 11.6 Å². The topological polar surface area (TPSA) is 79.4 Å². The molecule has 3 rings (SSSR count). The Kier molecular flexibility index (Phi) is 2.25. The average molecular weight is 257 g/mol. The van der Waals surface area contributed by atoms with Crippen molar-refractivity contribution >= 4 is 22.5 Å². The summed E-state index contributed by atoms with van der Waals surface area (Å²) >= 11 is 0. The van der Waals surface area contributed by atoms with E-state index in [1.165, 1.54) is 7.11 Å². The second-order valence-corrected chi connectivity index (χ2v) is 4.43. The van der Waals surface area contributed by atoms with Crippen molar-refractivity contribution < 1.29 is 19.4 Å². The Labute approximate surface area is 108 Å². The summed E-state index contributed by atoms with van der Waals surface area (Å²) in [7, 11) is 1.34. The Morgan fingerprint density at radius 2 is 2.00 bits per heavy atom. The van der Waals surface area contributed by atoms with Crippen molar-refractivity contribution in [3.05, 3.63) is 40.8 Å². The predicted molar refractivity (Wildman–Crippen MR) is 68.5 cm³/mol. The zero-order valence-electron chi connectivity index (χ0n) is 10.4. The van der Waals surface area contributed by atoms with Crippen molar-refractivity contribution in [1.82, 2.24) is 4.98 Å². The van der Waals surface area contributed by atoms with E-state index in [0.717, 1.165) is 6.08 Å². The number of phenolic OH excluding ortho intramolecular Hbond substituents is 1. The lowest BCUT2D eigenvalue weighted by atomic mass is 9.96. The van der Waals surface area contributed by atoms with Crippen molar-refractivity contribution in [3.63, 3.8) is 0 Å². The van der Waals surface area contributed by atoms with Gasteiger partial charge in [0, 0.05) is 6.08 Å². The number of methoxy groups -OCH3 is 1. The van der Waals surface area contributed by atoms with Gasteiger partial charge in [0.1, 0.15) is 5.75 Å². The van der Waals surface area contributed by atoms with Crippen molar-refractivity contribution in [2.24, 2.45) is 0 Å². The number of nitrogens with one attached hydrogen (secondary N) is 1. The quantitative estimate of drug-likeness (QED) is 0.819. The van der Waals surface area contributed by atoms with Crippen LogP contribution in [0, 0.1) is 6.92 Å². The smallest absolute Gasteiger partial charge is 0.230 e. The molecule has 1 aliphatic rings. The summed E-state index contributed by atoms with van der Waals surface area (Å²) in [6, 6.07) is 3.45. The highest BCUT2D eigenvalue weighted by Gasteiger charge is 2.31. The number of phenols is 1. The molecule has 0 saturated carbocycles. The highest BCUT2D eigenvalue weighted by molar-refractivity contribution is 6.29. The van der Waals surface area contributed by atoms with Gasteiger partial charge in [0.25, 0.3) is 0 Å². The number of allylic oxidation sites excluding steroid dienone is 2. The maximum Gasteiger partial charge on any atom is 0.230 e. The summed E-state index contributed by atoms with van der Waals surface area (Å²) in [5.74, 6) is -0.739. The van der Waals surface area contributed by atoms with Gasteiger partial charge in [-0.05, 0) is 18.6 Å². The van der Waals surface area contributed by atoms with Crippen molar-refractivity contribution in [1.29, 1.82) is 0 Å². The summed E-state index contributed by atoms with van der Waals surface area (Å²) in [6.45, 7) is 1.73. The first-order chi connectivity index (χ1) is 9.04. The fourth-order valence-corrected chi connectivity index (χ4v) is 2.32. The first kappa shape index (κ1) is 11.5. The molecule has 96 valence electrons. The van der Waals surface area contributed by atoms with Crippen molar-refractivity contribution in [2.45, 2.75) is 6.92 Å². The van der Waals surface area contributed by atoms with E-state index >= 15 is 0 Å². The third-order valence-corrected chi connectivity index (χ3v) is 3.32. The minimum Gasteiger partial charge on any atom is -0.507 e. The molecular formula is C14H11NO4. The molecule has 0 radical (unpaired) electrons. The number of benzene rings is 1. The molecule has 0 aliphatic heterocycles. The molecule has 2 aromatic rings. The van der Waals surface area contributed by atoms with E-state index in [-0.39, 0.29) is 28.5 Å². The fraction of sp³-hybridized carbons (Fsp3) is 0.143. The SMILES string of the molecule is COC1=CC(=O)c2[nH]c3ccc(C)c(O)c3c2C1=O. The number of Topliss-reactive ketones (excluding diaryl/α,β-unsaturated/α-hetero) is 1. The van der Waals surface area contributed by atoms with E-state index < -0.39 is 5.78 Å². The molecule has 5 nitrogen and oxygen atoms in total. The lowest BCUT2D eigenvalue weighted by Crippen LogP contribution is -2.17. The number of H-pyrrole nitrogens is 1. The summed E-state index contributed by atoms with van der Waals surface area (Å²) in [5.41, 5.74) is 1.57. The van der Waals surface area contributed by atoms with Gasteiger partial charge in [-0.3, -0.25) is 9.59 Å². The number of ether oxygens (including phenoxy) is 1. The Bertz CT molecular complexity index is 767. The second kappa shape index (κ2) is 3.71. The van der Waals surface area contributed by atoms with Crippen LogP contribution in [0.4, 0.5) is 0 Å². The molecular weight excluding hydrogens is 246 g/mol. The number of rotatable bonds is 1. The number of aromatic hydroxyl groups is 1. The standard InChI is InChI=1S/C14H11NO4/c1-6-3-4-7-10(13(6)17)11-12(15-7)8(16)5-9(19-2)14(11)18/h3-5,15,17H,1-2H3. The Morgan fingerprint density at radius 3 is 2.68 bits per heavy atom. The molecule has 0 spiro atoms. The maximum atomic E-state index is 12.3. The van der Waals surface area contributed by atoms with Gasteiger partial charge in [0.15, 0.2) is 5.76 Å². The third kappa shape index (κ3) is 1.41. The molecule has 5 heteroatoms. The van der Waals surface area contributed by atoms with Crippen LogP contribution in [0.1, 0.15) is 26.4 Å². The zero-order chi connectivity index (χ0) is 13.7. The minimum absolute atomic E-state index is 0.00787. The largest absolute Gasteiger partial charge is 0.507 e. The molecule has 0 unspecified atom stereocenters. The number of carbonyl (C=O) groups excluding carboxylic acids is 2. The van der Waals surface area contributed by atoms with E-state index in [1.807, 2.05) is 0 Å². The summed E-state index contributed by atoms with van der Waals surface area (Å²) in [4.78, 5) is 27.1. The van der Waals surface area contributed by atoms with Crippen LogP contribution in [0.2, 0.25) is 0 Å². The number of hydrogen-bond acceptors (Lipinski definition) is 4. The molecule has 0 fully saturated rings. The molecule has 1 heterocycles. The molecule has 1 aliphatic carbocycles. The van der Waals surface area contributed by atoms with Gasteiger partial charge in [-0.25, -0.2) is 0 Å². The number of aromatic nitrogens is 1. The number of aryl methyl sites for hydroxylation is 1. The average Bonchev–Trinajstić information content (AvgIpc) is 2.79. The summed E-state index contributed by atoms with van der Waals surface area (Å²) < 4.78 is 4.91. The Hall–Kier alpha value is -2.56. The van der Waals surface area contributed by atoms with Crippen molar-refractivity contribution in [2.75, 3.05) is 7.11 Å². The van der Waals surface area contributed by atoms with Gasteiger partial charge in [0.05, 0.1) is 29.3 Å². The number of fused-ring (bicyclic) bond motifs is 3. The van der Waals surface area contributed by atoms with Crippen LogP contribution in [0.3, 0.4) is 0 Å². The lowest BCUT2D eigenvalue weighted by molar-refractivity contribution is 0.0917. The lowest BCUT2D eigenvalue weighted by Gasteiger charge is -2.11. The van der Waals surface area contributed by atoms with Gasteiger partial charge < -0.3 is 14.8 Å². The zero-order valence-corrected chi connectivity index (χ0v) is 10.4. The van der Waals surface area contributed by atoms with Crippen molar-refractivity contribution in [3.8, 4) is 5.75 Å². The number of aromatic amines is 1. The van der Waals surface area contributed by atoms with Crippen LogP contribution in [-0.4, -0.2) is 28.8 Å². The second-order valence-electron chi connectivity index (χ2n) is 4.43. The summed E-state index contributed by atoms with van der Waals surface area (Å²) in [5, 5.41) is 10.5. The number of hydrogen-bond donors (Lipinski definition) is 2. The van der Waals surface area contributed by atoms with Gasteiger partial charge in [-0.1, -0.05) is 6.07 Å². The molecule has 0 atom stereocenters. The van der Waals surface area contributed by atoms with E-state index in [9.17, 15) is 14.7 Å². The van der Waals surface area contributed by atoms with Gasteiger partial charge in [-0.2, -0.15) is 0 Å². The molecule has 0 bridgehead atoms. The van der Waals surface area contributed by atoms with Crippen LogP contribution < -0.4 is 0 Å². The van der Waals surface area contributed by atoms with Crippen LogP contribution in [-0.2, 0) is 4.74 Å². The van der Waals surface area contributed by atoms with E-state index in [0.29, 0.717) is 16.5 Å². The molecule has 19 heavy (non-hydrogen) atoms. The predicted octanol–water partition coefficient (Wildman–Crippen LogP) is 2.09. The first-order valence-electron chi connectivity index (χ1n) is 5.73. The minimum atomic E-state index is -0.399. The number of ketones is 2. The van der Waals surface area contributed by atoms with E-state index in [4.69, 9.17) is 4.74 Å². The monoisotopic (exact) mass is 257 g/mol. The molecule has 1 aromatic carbocycles. The normalized spacial score (nSPS) is 14.5. The third-order valence-electron chi connectivity index (χ3n) is 3.32.